The second-order valence-corrected chi connectivity index (χ2v) is 5.27. The van der Waals surface area contributed by atoms with E-state index >= 15 is 0 Å². The summed E-state index contributed by atoms with van der Waals surface area (Å²) in [6.07, 6.45) is -0.992. The fraction of sp³-hybridized carbons (Fsp3) is 0.429. The minimum Gasteiger partial charge on any atom is -0.478 e. The van der Waals surface area contributed by atoms with Gasteiger partial charge in [-0.3, -0.25) is 4.79 Å². The van der Waals surface area contributed by atoms with Crippen molar-refractivity contribution in [1.29, 1.82) is 0 Å². The fourth-order valence-electron chi connectivity index (χ4n) is 1.47. The molecule has 0 bridgehead atoms. The molecule has 0 heterocycles. The van der Waals surface area contributed by atoms with E-state index in [1.165, 1.54) is 19.1 Å². The van der Waals surface area contributed by atoms with Crippen molar-refractivity contribution < 1.29 is 23.5 Å². The lowest BCUT2D eigenvalue weighted by Crippen LogP contribution is -2.33. The number of hydrogen-bond acceptors (Lipinski definition) is 4. The van der Waals surface area contributed by atoms with Gasteiger partial charge in [-0.2, -0.15) is 0 Å². The van der Waals surface area contributed by atoms with Crippen LogP contribution in [0.15, 0.2) is 18.2 Å². The smallest absolute Gasteiger partial charge is 0.347 e. The molecule has 1 aromatic carbocycles. The molecular weight excluding hydrogens is 265 g/mol. The zero-order chi connectivity index (χ0) is 15.5. The summed E-state index contributed by atoms with van der Waals surface area (Å²) in [6.45, 7) is 6.60. The van der Waals surface area contributed by atoms with E-state index in [0.29, 0.717) is 0 Å². The maximum Gasteiger partial charge on any atom is 0.347 e. The number of rotatable bonds is 4. The largest absolute Gasteiger partial charge is 0.478 e. The third-order valence-corrected chi connectivity index (χ3v) is 2.26. The summed E-state index contributed by atoms with van der Waals surface area (Å²) in [5, 5.41) is 0. The zero-order valence-electron chi connectivity index (χ0n) is 11.9. The number of nitrogens with two attached hydrogens (primary N) is 1. The number of carbonyl (C=O) groups excluding carboxylic acids is 2. The molecule has 20 heavy (non-hydrogen) atoms. The van der Waals surface area contributed by atoms with Crippen molar-refractivity contribution in [2.24, 2.45) is 5.73 Å². The van der Waals surface area contributed by atoms with Crippen molar-refractivity contribution in [2.45, 2.75) is 39.4 Å². The maximum atomic E-state index is 13.5. The van der Waals surface area contributed by atoms with Gasteiger partial charge < -0.3 is 15.2 Å². The number of halogens is 1. The van der Waals surface area contributed by atoms with Gasteiger partial charge in [-0.1, -0.05) is 6.07 Å². The van der Waals surface area contributed by atoms with Crippen LogP contribution in [0.1, 0.15) is 38.1 Å². The topological polar surface area (TPSA) is 78.6 Å². The minimum absolute atomic E-state index is 0.0872. The third kappa shape index (κ3) is 4.22. The number of carbonyl (C=O) groups is 2. The van der Waals surface area contributed by atoms with E-state index in [1.807, 2.05) is 0 Å². The number of esters is 1. The normalized spacial score (nSPS) is 12.7. The molecule has 0 saturated carbocycles. The van der Waals surface area contributed by atoms with Crippen molar-refractivity contribution in [1.82, 2.24) is 0 Å². The Morgan fingerprint density at radius 2 is 1.90 bits per heavy atom. The lowest BCUT2D eigenvalue weighted by molar-refractivity contribution is -0.162. The Bertz CT molecular complexity index is 522. The van der Waals surface area contributed by atoms with Gasteiger partial charge in [0.25, 0.3) is 5.91 Å². The van der Waals surface area contributed by atoms with Gasteiger partial charge in [-0.15, -0.1) is 0 Å². The molecule has 0 aliphatic rings. The summed E-state index contributed by atoms with van der Waals surface area (Å²) < 4.78 is 23.9. The monoisotopic (exact) mass is 283 g/mol. The van der Waals surface area contributed by atoms with Crippen molar-refractivity contribution in [3.63, 3.8) is 0 Å². The number of amides is 1. The molecule has 0 saturated heterocycles. The summed E-state index contributed by atoms with van der Waals surface area (Å²) in [6, 6.07) is 3.81. The van der Waals surface area contributed by atoms with Crippen LogP contribution in [0.25, 0.3) is 0 Å². The van der Waals surface area contributed by atoms with Crippen LogP contribution >= 0.6 is 0 Å². The van der Waals surface area contributed by atoms with Crippen LogP contribution in [0.3, 0.4) is 0 Å². The highest BCUT2D eigenvalue weighted by Crippen LogP contribution is 2.22. The van der Waals surface area contributed by atoms with E-state index in [9.17, 15) is 14.0 Å². The first-order valence-electron chi connectivity index (χ1n) is 6.09. The molecule has 1 unspecified atom stereocenters. The van der Waals surface area contributed by atoms with Gasteiger partial charge >= 0.3 is 5.97 Å². The molecule has 0 radical (unpaired) electrons. The maximum absolute atomic E-state index is 13.5. The summed E-state index contributed by atoms with van der Waals surface area (Å²) in [4.78, 5) is 23.0. The van der Waals surface area contributed by atoms with Gasteiger partial charge in [-0.25, -0.2) is 9.18 Å². The quantitative estimate of drug-likeness (QED) is 0.858. The van der Waals surface area contributed by atoms with E-state index < -0.39 is 29.4 Å². The standard InChI is InChI=1S/C14H18FNO4/c1-8(13(18)20-14(2,3)4)19-10-7-5-6-9(15)11(10)12(16)17/h5-8H,1-4H3,(H2,16,17). The van der Waals surface area contributed by atoms with Gasteiger partial charge in [-0.05, 0) is 39.8 Å². The number of primary amides is 1. The molecule has 1 rings (SSSR count). The second-order valence-electron chi connectivity index (χ2n) is 5.27. The van der Waals surface area contributed by atoms with Crippen LogP contribution in [0.5, 0.6) is 5.75 Å². The predicted molar refractivity (Wildman–Crippen MR) is 70.9 cm³/mol. The SMILES string of the molecule is CC(Oc1cccc(F)c1C(N)=O)C(=O)OC(C)(C)C. The highest BCUT2D eigenvalue weighted by Gasteiger charge is 2.25. The van der Waals surface area contributed by atoms with Crippen molar-refractivity contribution >= 4 is 11.9 Å². The zero-order valence-corrected chi connectivity index (χ0v) is 11.9. The van der Waals surface area contributed by atoms with Crippen LogP contribution < -0.4 is 10.5 Å². The van der Waals surface area contributed by atoms with E-state index in [2.05, 4.69) is 0 Å². The van der Waals surface area contributed by atoms with Crippen LogP contribution in [-0.2, 0) is 9.53 Å². The Labute approximate surface area is 116 Å². The fourth-order valence-corrected chi connectivity index (χ4v) is 1.47. The highest BCUT2D eigenvalue weighted by atomic mass is 19.1. The van der Waals surface area contributed by atoms with Crippen molar-refractivity contribution in [3.05, 3.63) is 29.6 Å². The number of benzene rings is 1. The van der Waals surface area contributed by atoms with E-state index in [1.54, 1.807) is 20.8 Å². The molecule has 2 N–H and O–H groups in total. The molecule has 110 valence electrons. The van der Waals surface area contributed by atoms with Gasteiger partial charge in [0.1, 0.15) is 22.7 Å². The van der Waals surface area contributed by atoms with Gasteiger partial charge in [0.15, 0.2) is 6.10 Å². The predicted octanol–water partition coefficient (Wildman–Crippen LogP) is 2.03. The average molecular weight is 283 g/mol. The van der Waals surface area contributed by atoms with Crippen LogP contribution in [0, 0.1) is 5.82 Å². The first kappa shape index (κ1) is 15.9. The Hall–Kier alpha value is -2.11. The van der Waals surface area contributed by atoms with Crippen LogP contribution in [0.2, 0.25) is 0 Å². The lowest BCUT2D eigenvalue weighted by atomic mass is 10.1. The first-order chi connectivity index (χ1) is 9.11. The van der Waals surface area contributed by atoms with Gasteiger partial charge in [0, 0.05) is 0 Å². The molecule has 1 atom stereocenters. The van der Waals surface area contributed by atoms with Crippen LogP contribution in [-0.4, -0.2) is 23.6 Å². The number of hydrogen-bond donors (Lipinski definition) is 1. The van der Waals surface area contributed by atoms with E-state index in [4.69, 9.17) is 15.2 Å². The molecular formula is C14H18FNO4. The summed E-state index contributed by atoms with van der Waals surface area (Å²) >= 11 is 0. The summed E-state index contributed by atoms with van der Waals surface area (Å²) in [7, 11) is 0. The Balaban J connectivity index is 2.91. The molecule has 6 heteroatoms. The highest BCUT2D eigenvalue weighted by molar-refractivity contribution is 5.96. The summed E-state index contributed by atoms with van der Waals surface area (Å²) in [5.74, 6) is -2.46. The molecule has 0 spiro atoms. The Kier molecular flexibility index (Phi) is 4.70. The van der Waals surface area contributed by atoms with Gasteiger partial charge in [0.2, 0.25) is 0 Å². The number of ether oxygens (including phenoxy) is 2. The van der Waals surface area contributed by atoms with E-state index in [-0.39, 0.29) is 11.3 Å². The Morgan fingerprint density at radius 3 is 2.40 bits per heavy atom. The molecule has 0 aromatic heterocycles. The lowest BCUT2D eigenvalue weighted by Gasteiger charge is -2.23. The molecule has 1 amide bonds. The third-order valence-electron chi connectivity index (χ3n) is 2.26. The van der Waals surface area contributed by atoms with Crippen molar-refractivity contribution in [2.75, 3.05) is 0 Å². The molecule has 0 aliphatic carbocycles. The van der Waals surface area contributed by atoms with Gasteiger partial charge in [0.05, 0.1) is 0 Å². The van der Waals surface area contributed by atoms with E-state index in [0.717, 1.165) is 6.07 Å². The van der Waals surface area contributed by atoms with Crippen LogP contribution in [0.4, 0.5) is 4.39 Å². The molecule has 0 fully saturated rings. The molecule has 1 aromatic rings. The van der Waals surface area contributed by atoms with Crippen molar-refractivity contribution in [3.8, 4) is 5.75 Å². The first-order valence-corrected chi connectivity index (χ1v) is 6.09. The Morgan fingerprint density at radius 1 is 1.30 bits per heavy atom. The average Bonchev–Trinajstić information content (AvgIpc) is 2.25. The molecule has 0 aliphatic heterocycles. The summed E-state index contributed by atoms with van der Waals surface area (Å²) in [5.41, 5.74) is 4.04. The second kappa shape index (κ2) is 5.90. The molecule has 5 nitrogen and oxygen atoms in total. The minimum atomic E-state index is -0.992.